The van der Waals surface area contributed by atoms with E-state index in [-0.39, 0.29) is 0 Å². The van der Waals surface area contributed by atoms with E-state index in [0.717, 1.165) is 11.8 Å². The number of hydrogen-bond acceptors (Lipinski definition) is 2. The van der Waals surface area contributed by atoms with Gasteiger partial charge < -0.3 is 0 Å². The van der Waals surface area contributed by atoms with E-state index in [1.165, 1.54) is 0 Å². The standard InChI is InChI=1S/C10H22N2/c1-7(2)10-8(3)11(5)12(6)9(10)4/h7-10H,1-6H3. The molecule has 1 heterocycles. The van der Waals surface area contributed by atoms with Crippen molar-refractivity contribution in [2.24, 2.45) is 11.8 Å². The van der Waals surface area contributed by atoms with Gasteiger partial charge in [-0.25, -0.2) is 10.0 Å². The van der Waals surface area contributed by atoms with Crippen molar-refractivity contribution in [3.63, 3.8) is 0 Å². The minimum absolute atomic E-state index is 0.685. The predicted molar refractivity (Wildman–Crippen MR) is 52.8 cm³/mol. The first kappa shape index (κ1) is 10.0. The molecule has 1 saturated heterocycles. The summed E-state index contributed by atoms with van der Waals surface area (Å²) in [5, 5.41) is 4.71. The van der Waals surface area contributed by atoms with Crippen molar-refractivity contribution in [1.82, 2.24) is 10.0 Å². The summed E-state index contributed by atoms with van der Waals surface area (Å²) in [4.78, 5) is 0. The zero-order valence-electron chi connectivity index (χ0n) is 9.20. The van der Waals surface area contributed by atoms with E-state index in [1.54, 1.807) is 0 Å². The van der Waals surface area contributed by atoms with Gasteiger partial charge in [0.15, 0.2) is 0 Å². The van der Waals surface area contributed by atoms with E-state index in [0.29, 0.717) is 12.1 Å². The Morgan fingerprint density at radius 2 is 1.25 bits per heavy atom. The third-order valence-electron chi connectivity index (χ3n) is 3.56. The van der Waals surface area contributed by atoms with Crippen LogP contribution in [0.25, 0.3) is 0 Å². The van der Waals surface area contributed by atoms with Gasteiger partial charge in [-0.05, 0) is 25.7 Å². The average molecular weight is 170 g/mol. The Morgan fingerprint density at radius 3 is 1.42 bits per heavy atom. The second-order valence-electron chi connectivity index (χ2n) is 4.45. The number of rotatable bonds is 1. The molecule has 1 aliphatic rings. The monoisotopic (exact) mass is 170 g/mol. The summed E-state index contributed by atoms with van der Waals surface area (Å²) in [5.41, 5.74) is 0. The van der Waals surface area contributed by atoms with E-state index in [4.69, 9.17) is 0 Å². The predicted octanol–water partition coefficient (Wildman–Crippen LogP) is 1.83. The lowest BCUT2D eigenvalue weighted by Gasteiger charge is -2.24. The Hall–Kier alpha value is -0.0800. The first-order valence-electron chi connectivity index (χ1n) is 4.92. The fourth-order valence-electron chi connectivity index (χ4n) is 2.59. The van der Waals surface area contributed by atoms with Gasteiger partial charge in [-0.1, -0.05) is 13.8 Å². The van der Waals surface area contributed by atoms with Crippen LogP contribution in [0, 0.1) is 11.8 Å². The molecule has 0 saturated carbocycles. The van der Waals surface area contributed by atoms with Crippen LogP contribution in [-0.4, -0.2) is 36.2 Å². The van der Waals surface area contributed by atoms with Crippen molar-refractivity contribution in [3.05, 3.63) is 0 Å². The van der Waals surface area contributed by atoms with Crippen molar-refractivity contribution in [3.8, 4) is 0 Å². The largest absolute Gasteiger partial charge is 0.242 e. The average Bonchev–Trinajstić information content (AvgIpc) is 2.16. The highest BCUT2D eigenvalue weighted by atomic mass is 15.6. The highest BCUT2D eigenvalue weighted by Crippen LogP contribution is 2.32. The first-order valence-corrected chi connectivity index (χ1v) is 4.92. The summed E-state index contributed by atoms with van der Waals surface area (Å²) in [5.74, 6) is 1.59. The molecule has 0 aliphatic carbocycles. The van der Waals surface area contributed by atoms with E-state index < -0.39 is 0 Å². The van der Waals surface area contributed by atoms with Crippen molar-refractivity contribution < 1.29 is 0 Å². The molecule has 1 fully saturated rings. The molecular formula is C10H22N2. The molecule has 0 bridgehead atoms. The summed E-state index contributed by atoms with van der Waals surface area (Å²) < 4.78 is 0. The SMILES string of the molecule is CC(C)C1C(C)N(C)N(C)C1C. The highest BCUT2D eigenvalue weighted by Gasteiger charge is 2.40. The zero-order chi connectivity index (χ0) is 9.46. The molecular weight excluding hydrogens is 148 g/mol. The summed E-state index contributed by atoms with van der Waals surface area (Å²) in [6.07, 6.45) is 0. The van der Waals surface area contributed by atoms with E-state index in [9.17, 15) is 0 Å². The topological polar surface area (TPSA) is 6.48 Å². The van der Waals surface area contributed by atoms with E-state index >= 15 is 0 Å². The molecule has 0 N–H and O–H groups in total. The summed E-state index contributed by atoms with van der Waals surface area (Å²) in [6, 6.07) is 1.37. The maximum Gasteiger partial charge on any atom is 0.0260 e. The van der Waals surface area contributed by atoms with Crippen LogP contribution in [0.2, 0.25) is 0 Å². The maximum atomic E-state index is 2.36. The second-order valence-corrected chi connectivity index (χ2v) is 4.45. The van der Waals surface area contributed by atoms with Crippen molar-refractivity contribution in [1.29, 1.82) is 0 Å². The maximum absolute atomic E-state index is 2.36. The Morgan fingerprint density at radius 1 is 0.917 bits per heavy atom. The Labute approximate surface area is 76.5 Å². The number of nitrogens with zero attached hydrogens (tertiary/aromatic N) is 2. The number of hydrazine groups is 1. The van der Waals surface area contributed by atoms with Crippen molar-refractivity contribution in [2.75, 3.05) is 14.1 Å². The normalized spacial score (nSPS) is 39.8. The lowest BCUT2D eigenvalue weighted by Crippen LogP contribution is -2.35. The van der Waals surface area contributed by atoms with Gasteiger partial charge in [0.2, 0.25) is 0 Å². The zero-order valence-corrected chi connectivity index (χ0v) is 9.20. The second kappa shape index (κ2) is 3.35. The first-order chi connectivity index (χ1) is 5.46. The molecule has 2 unspecified atom stereocenters. The van der Waals surface area contributed by atoms with Gasteiger partial charge in [0, 0.05) is 26.2 Å². The van der Waals surface area contributed by atoms with Gasteiger partial charge >= 0.3 is 0 Å². The molecule has 0 aromatic heterocycles. The summed E-state index contributed by atoms with van der Waals surface area (Å²) in [6.45, 7) is 9.30. The molecule has 2 atom stereocenters. The molecule has 1 rings (SSSR count). The van der Waals surface area contributed by atoms with Crippen LogP contribution in [0.1, 0.15) is 27.7 Å². The Balaban J connectivity index is 2.76. The van der Waals surface area contributed by atoms with Gasteiger partial charge in [0.25, 0.3) is 0 Å². The Kier molecular flexibility index (Phi) is 2.79. The molecule has 72 valence electrons. The third kappa shape index (κ3) is 1.38. The van der Waals surface area contributed by atoms with Gasteiger partial charge in [0.05, 0.1) is 0 Å². The lowest BCUT2D eigenvalue weighted by molar-refractivity contribution is 0.0357. The van der Waals surface area contributed by atoms with Crippen LogP contribution < -0.4 is 0 Å². The minimum atomic E-state index is 0.685. The van der Waals surface area contributed by atoms with Crippen LogP contribution in [0.5, 0.6) is 0 Å². The van der Waals surface area contributed by atoms with Gasteiger partial charge in [0.1, 0.15) is 0 Å². The summed E-state index contributed by atoms with van der Waals surface area (Å²) >= 11 is 0. The smallest absolute Gasteiger partial charge is 0.0260 e. The molecule has 0 spiro atoms. The number of hydrogen-bond donors (Lipinski definition) is 0. The van der Waals surface area contributed by atoms with Crippen molar-refractivity contribution in [2.45, 2.75) is 39.8 Å². The Bertz CT molecular complexity index is 142. The lowest BCUT2D eigenvalue weighted by atomic mass is 9.85. The molecule has 2 heteroatoms. The quantitative estimate of drug-likeness (QED) is 0.592. The molecule has 0 aromatic rings. The minimum Gasteiger partial charge on any atom is -0.242 e. The molecule has 2 nitrogen and oxygen atoms in total. The van der Waals surface area contributed by atoms with Crippen LogP contribution in [0.3, 0.4) is 0 Å². The van der Waals surface area contributed by atoms with Crippen LogP contribution in [0.4, 0.5) is 0 Å². The molecule has 0 amide bonds. The van der Waals surface area contributed by atoms with E-state index in [2.05, 4.69) is 51.8 Å². The molecule has 1 aliphatic heterocycles. The van der Waals surface area contributed by atoms with Crippen LogP contribution >= 0.6 is 0 Å². The highest BCUT2D eigenvalue weighted by molar-refractivity contribution is 4.89. The van der Waals surface area contributed by atoms with Crippen molar-refractivity contribution >= 4 is 0 Å². The third-order valence-corrected chi connectivity index (χ3v) is 3.56. The van der Waals surface area contributed by atoms with Gasteiger partial charge in [-0.15, -0.1) is 0 Å². The summed E-state index contributed by atoms with van der Waals surface area (Å²) in [7, 11) is 4.37. The molecule has 0 aromatic carbocycles. The van der Waals surface area contributed by atoms with E-state index in [1.807, 2.05) is 0 Å². The molecule has 12 heavy (non-hydrogen) atoms. The van der Waals surface area contributed by atoms with Crippen LogP contribution in [-0.2, 0) is 0 Å². The van der Waals surface area contributed by atoms with Crippen LogP contribution in [0.15, 0.2) is 0 Å². The van der Waals surface area contributed by atoms with Gasteiger partial charge in [-0.3, -0.25) is 0 Å². The van der Waals surface area contributed by atoms with Gasteiger partial charge in [-0.2, -0.15) is 0 Å². The fraction of sp³-hybridized carbons (Fsp3) is 1.00. The molecule has 0 radical (unpaired) electrons. The fourth-order valence-corrected chi connectivity index (χ4v) is 2.59.